The Bertz CT molecular complexity index is 719. The Hall–Kier alpha value is -1.85. The van der Waals surface area contributed by atoms with E-state index in [1.54, 1.807) is 0 Å². The van der Waals surface area contributed by atoms with Crippen molar-refractivity contribution >= 4 is 23.3 Å². The van der Waals surface area contributed by atoms with E-state index in [1.165, 1.54) is 0 Å². The van der Waals surface area contributed by atoms with Crippen molar-refractivity contribution in [3.8, 4) is 11.1 Å². The predicted octanol–water partition coefficient (Wildman–Crippen LogP) is 3.32. The molecule has 0 spiro atoms. The number of hydrogen-bond donors (Lipinski definition) is 2. The van der Waals surface area contributed by atoms with Gasteiger partial charge >= 0.3 is 0 Å². The van der Waals surface area contributed by atoms with Crippen LogP contribution in [0, 0.1) is 12.8 Å². The van der Waals surface area contributed by atoms with E-state index >= 15 is 0 Å². The van der Waals surface area contributed by atoms with Crippen molar-refractivity contribution in [1.29, 1.82) is 0 Å². The number of nitrogens with one attached hydrogen (secondary N) is 2. The van der Waals surface area contributed by atoms with E-state index in [9.17, 15) is 4.79 Å². The maximum absolute atomic E-state index is 12.4. The van der Waals surface area contributed by atoms with Gasteiger partial charge in [0.1, 0.15) is 0 Å². The molecule has 122 valence electrons. The van der Waals surface area contributed by atoms with E-state index in [0.717, 1.165) is 29.7 Å². The van der Waals surface area contributed by atoms with Gasteiger partial charge in [0.05, 0.1) is 0 Å². The fourth-order valence-corrected chi connectivity index (χ4v) is 3.15. The van der Waals surface area contributed by atoms with Crippen molar-refractivity contribution in [2.45, 2.75) is 25.8 Å². The molecule has 6 heteroatoms. The van der Waals surface area contributed by atoms with Gasteiger partial charge in [0.2, 0.25) is 5.91 Å². The van der Waals surface area contributed by atoms with Crippen molar-refractivity contribution in [2.24, 2.45) is 5.92 Å². The van der Waals surface area contributed by atoms with Gasteiger partial charge in [-0.1, -0.05) is 23.7 Å². The second-order valence-corrected chi connectivity index (χ2v) is 6.79. The van der Waals surface area contributed by atoms with Crippen LogP contribution >= 0.6 is 11.6 Å². The summed E-state index contributed by atoms with van der Waals surface area (Å²) in [6, 6.07) is 8.06. The third-order valence-corrected chi connectivity index (χ3v) is 4.75. The molecule has 0 bridgehead atoms. The smallest absolute Gasteiger partial charge is 0.228 e. The number of benzene rings is 1. The number of carbonyl (C=O) groups is 1. The topological polar surface area (TPSA) is 61.0 Å². The molecule has 0 saturated heterocycles. The Labute approximate surface area is 141 Å². The number of nitrogens with zero attached hydrogens (tertiary/aromatic N) is 2. The molecule has 2 aromatic rings. The molecule has 0 radical (unpaired) electrons. The lowest BCUT2D eigenvalue weighted by Crippen LogP contribution is -2.45. The van der Waals surface area contributed by atoms with Crippen LogP contribution in [0.1, 0.15) is 18.5 Å². The minimum absolute atomic E-state index is 0.0397. The first-order valence-corrected chi connectivity index (χ1v) is 8.11. The van der Waals surface area contributed by atoms with Crippen molar-refractivity contribution in [2.75, 3.05) is 19.4 Å². The third-order valence-electron chi connectivity index (χ3n) is 4.52. The molecule has 1 saturated carbocycles. The highest BCUT2D eigenvalue weighted by atomic mass is 35.5. The van der Waals surface area contributed by atoms with Crippen LogP contribution < -0.4 is 5.32 Å². The Kier molecular flexibility index (Phi) is 4.41. The minimum Gasteiger partial charge on any atom is -0.308 e. The van der Waals surface area contributed by atoms with Crippen LogP contribution in [0.4, 0.5) is 5.82 Å². The number of aromatic amines is 1. The summed E-state index contributed by atoms with van der Waals surface area (Å²) in [5.41, 5.74) is 2.74. The normalized spacial score (nSPS) is 20.4. The number of aryl methyl sites for hydroxylation is 1. The third kappa shape index (κ3) is 3.26. The zero-order chi connectivity index (χ0) is 16.6. The van der Waals surface area contributed by atoms with Crippen LogP contribution in [-0.2, 0) is 4.79 Å². The summed E-state index contributed by atoms with van der Waals surface area (Å²) >= 11 is 6.08. The lowest BCUT2D eigenvalue weighted by molar-refractivity contribution is -0.124. The average molecular weight is 333 g/mol. The molecule has 1 fully saturated rings. The molecule has 0 unspecified atom stereocenters. The van der Waals surface area contributed by atoms with Gasteiger partial charge in [0.25, 0.3) is 0 Å². The zero-order valence-electron chi connectivity index (χ0n) is 13.6. The minimum atomic E-state index is 0.0397. The fraction of sp³-hybridized carbons (Fsp3) is 0.412. The number of halogens is 1. The molecule has 1 aromatic carbocycles. The highest BCUT2D eigenvalue weighted by Crippen LogP contribution is 2.34. The molecule has 1 amide bonds. The largest absolute Gasteiger partial charge is 0.308 e. The van der Waals surface area contributed by atoms with E-state index in [2.05, 4.69) is 20.4 Å². The Morgan fingerprint density at radius 2 is 2.13 bits per heavy atom. The highest BCUT2D eigenvalue weighted by Gasteiger charge is 2.36. The molecule has 0 atom stereocenters. The molecule has 1 aliphatic carbocycles. The molecule has 0 aliphatic heterocycles. The molecule has 2 N–H and O–H groups in total. The van der Waals surface area contributed by atoms with Crippen molar-refractivity contribution in [1.82, 2.24) is 15.1 Å². The van der Waals surface area contributed by atoms with Crippen molar-refractivity contribution < 1.29 is 4.79 Å². The average Bonchev–Trinajstić information content (AvgIpc) is 2.77. The quantitative estimate of drug-likeness (QED) is 0.903. The Balaban J connectivity index is 1.76. The standard InChI is InChI=1S/C17H21ClN4O/c1-10-15(11-5-4-6-13(18)7-11)16(21-20-10)19-17(23)12-8-14(9-12)22(2)3/h4-7,12,14H,8-9H2,1-3H3,(H2,19,20,21,23). The van der Waals surface area contributed by atoms with E-state index < -0.39 is 0 Å². The summed E-state index contributed by atoms with van der Waals surface area (Å²) in [4.78, 5) is 14.6. The second kappa shape index (κ2) is 6.34. The van der Waals surface area contributed by atoms with Gasteiger partial charge in [-0.15, -0.1) is 0 Å². The van der Waals surface area contributed by atoms with Gasteiger partial charge in [-0.05, 0) is 51.6 Å². The van der Waals surface area contributed by atoms with Crippen LogP contribution in [0.25, 0.3) is 11.1 Å². The predicted molar refractivity (Wildman–Crippen MR) is 92.6 cm³/mol. The summed E-state index contributed by atoms with van der Waals surface area (Å²) < 4.78 is 0. The van der Waals surface area contributed by atoms with Gasteiger partial charge in [-0.2, -0.15) is 5.10 Å². The van der Waals surface area contributed by atoms with Crippen LogP contribution in [0.15, 0.2) is 24.3 Å². The first kappa shape index (κ1) is 16.0. The highest BCUT2D eigenvalue weighted by molar-refractivity contribution is 6.30. The van der Waals surface area contributed by atoms with Gasteiger partial charge in [-0.25, -0.2) is 0 Å². The monoisotopic (exact) mass is 332 g/mol. The first-order valence-electron chi connectivity index (χ1n) is 7.74. The number of carbonyl (C=O) groups excluding carboxylic acids is 1. The van der Waals surface area contributed by atoms with Crippen molar-refractivity contribution in [3.05, 3.63) is 35.0 Å². The number of aromatic nitrogens is 2. The molecule has 1 heterocycles. The van der Waals surface area contributed by atoms with E-state index in [4.69, 9.17) is 11.6 Å². The fourth-order valence-electron chi connectivity index (χ4n) is 2.96. The molecule has 5 nitrogen and oxygen atoms in total. The Morgan fingerprint density at radius 3 is 2.78 bits per heavy atom. The van der Waals surface area contributed by atoms with Gasteiger partial charge in [0, 0.05) is 28.2 Å². The first-order chi connectivity index (χ1) is 11.0. The summed E-state index contributed by atoms with van der Waals surface area (Å²) in [6.45, 7) is 1.93. The molecule has 1 aliphatic rings. The van der Waals surface area contributed by atoms with Gasteiger partial charge in [0.15, 0.2) is 5.82 Å². The van der Waals surface area contributed by atoms with Gasteiger partial charge in [-0.3, -0.25) is 9.89 Å². The van der Waals surface area contributed by atoms with Crippen LogP contribution in [-0.4, -0.2) is 41.1 Å². The molecule has 1 aromatic heterocycles. The van der Waals surface area contributed by atoms with Crippen molar-refractivity contribution in [3.63, 3.8) is 0 Å². The Morgan fingerprint density at radius 1 is 1.39 bits per heavy atom. The van der Waals surface area contributed by atoms with Crippen LogP contribution in [0.2, 0.25) is 5.02 Å². The van der Waals surface area contributed by atoms with Gasteiger partial charge < -0.3 is 10.2 Å². The summed E-state index contributed by atoms with van der Waals surface area (Å²) in [5, 5.41) is 10.8. The SMILES string of the molecule is Cc1[nH]nc(NC(=O)C2CC(N(C)C)C2)c1-c1cccc(Cl)c1. The van der Waals surface area contributed by atoms with Crippen LogP contribution in [0.3, 0.4) is 0 Å². The van der Waals surface area contributed by atoms with E-state index in [-0.39, 0.29) is 11.8 Å². The zero-order valence-corrected chi connectivity index (χ0v) is 14.3. The molecular formula is C17H21ClN4O. The molecule has 23 heavy (non-hydrogen) atoms. The number of rotatable bonds is 4. The number of H-pyrrole nitrogens is 1. The second-order valence-electron chi connectivity index (χ2n) is 6.36. The lowest BCUT2D eigenvalue weighted by Gasteiger charge is -2.38. The van der Waals surface area contributed by atoms with E-state index in [0.29, 0.717) is 16.9 Å². The summed E-state index contributed by atoms with van der Waals surface area (Å²) in [6.07, 6.45) is 1.80. The summed E-state index contributed by atoms with van der Waals surface area (Å²) in [5.74, 6) is 0.674. The van der Waals surface area contributed by atoms with E-state index in [1.807, 2.05) is 45.3 Å². The number of anilines is 1. The molecular weight excluding hydrogens is 312 g/mol. The molecule has 3 rings (SSSR count). The summed E-state index contributed by atoms with van der Waals surface area (Å²) in [7, 11) is 4.10. The van der Waals surface area contributed by atoms with Crippen LogP contribution in [0.5, 0.6) is 0 Å². The number of hydrogen-bond acceptors (Lipinski definition) is 3. The maximum Gasteiger partial charge on any atom is 0.228 e. The number of amides is 1. The maximum atomic E-state index is 12.4. The lowest BCUT2D eigenvalue weighted by atomic mass is 9.79.